The van der Waals surface area contributed by atoms with Crippen LogP contribution in [0.4, 0.5) is 11.4 Å². The summed E-state index contributed by atoms with van der Waals surface area (Å²) in [6.07, 6.45) is 30.2. The van der Waals surface area contributed by atoms with E-state index in [4.69, 9.17) is 4.74 Å². The molecule has 3 aliphatic heterocycles. The molecular formula is C38H61ClN2O. The Morgan fingerprint density at radius 3 is 1.52 bits per heavy atom. The maximum atomic E-state index is 6.75. The van der Waals surface area contributed by atoms with E-state index in [1.807, 2.05) is 0 Å². The molecule has 42 heavy (non-hydrogen) atoms. The molecule has 4 heteroatoms. The summed E-state index contributed by atoms with van der Waals surface area (Å²) >= 11 is 0. The van der Waals surface area contributed by atoms with Gasteiger partial charge < -0.3 is 10.1 Å². The Morgan fingerprint density at radius 2 is 0.976 bits per heavy atom. The third-order valence-electron chi connectivity index (χ3n) is 9.53. The van der Waals surface area contributed by atoms with Crippen LogP contribution in [0.2, 0.25) is 0 Å². The highest BCUT2D eigenvalue weighted by Crippen LogP contribution is 2.29. The zero-order chi connectivity index (χ0) is 28.2. The molecule has 0 radical (unpaired) electrons. The highest BCUT2D eigenvalue weighted by Gasteiger charge is 2.30. The third kappa shape index (κ3) is 14.2. The van der Waals surface area contributed by atoms with Crippen molar-refractivity contribution >= 4 is 23.8 Å². The number of anilines is 2. The second-order valence-electron chi connectivity index (χ2n) is 13.0. The molecule has 0 spiro atoms. The van der Waals surface area contributed by atoms with E-state index in [1.165, 1.54) is 148 Å². The molecule has 0 aromatic heterocycles. The number of nitrogens with zero attached hydrogens (tertiary/aromatic N) is 1. The molecule has 2 aromatic carbocycles. The number of halogens is 1. The van der Waals surface area contributed by atoms with Gasteiger partial charge in [0.1, 0.15) is 11.9 Å². The first-order valence-corrected chi connectivity index (χ1v) is 17.7. The Hall–Kier alpha value is -1.71. The maximum Gasteiger partial charge on any atom is 0.119 e. The van der Waals surface area contributed by atoms with E-state index >= 15 is 0 Å². The zero-order valence-electron chi connectivity index (χ0n) is 26.6. The molecule has 0 amide bonds. The quantitative estimate of drug-likeness (QED) is 0.380. The summed E-state index contributed by atoms with van der Waals surface area (Å²) in [6, 6.07) is 19.0. The predicted octanol–water partition coefficient (Wildman–Crippen LogP) is 11.7. The highest BCUT2D eigenvalue weighted by molar-refractivity contribution is 5.85. The lowest BCUT2D eigenvalue weighted by Crippen LogP contribution is -2.47. The van der Waals surface area contributed by atoms with E-state index in [1.54, 1.807) is 0 Å². The Morgan fingerprint density at radius 1 is 0.500 bits per heavy atom. The summed E-state index contributed by atoms with van der Waals surface area (Å²) in [7, 11) is 0. The van der Waals surface area contributed by atoms with Crippen molar-refractivity contribution in [3.8, 4) is 5.75 Å². The van der Waals surface area contributed by atoms with Crippen LogP contribution in [-0.2, 0) is 0 Å². The Labute approximate surface area is 265 Å². The summed E-state index contributed by atoms with van der Waals surface area (Å²) in [5.74, 6) is 1.70. The van der Waals surface area contributed by atoms with Crippen LogP contribution in [0.3, 0.4) is 0 Å². The number of rotatable bonds is 4. The van der Waals surface area contributed by atoms with Crippen LogP contribution < -0.4 is 10.1 Å². The largest absolute Gasteiger partial charge is 0.489 e. The van der Waals surface area contributed by atoms with Gasteiger partial charge in [0.25, 0.3) is 0 Å². The standard InChI is InChI=1S/C38H60N2O.ClH/c1-2-4-6-8-10-12-14-16-19-23-34-30-32-40(31-22-17-15-13-11-9-7-5-3-1)33-38(34)41-37-28-26-36(27-29-37)39-35-24-20-18-21-25-35;/h18,20-21,24-29,34,38-39H,1-17,19,22-23,30-33H2;1H. The second-order valence-corrected chi connectivity index (χ2v) is 13.0. The van der Waals surface area contributed by atoms with E-state index in [0.29, 0.717) is 12.0 Å². The van der Waals surface area contributed by atoms with Gasteiger partial charge in [-0.25, -0.2) is 0 Å². The molecular weight excluding hydrogens is 536 g/mol. The predicted molar refractivity (Wildman–Crippen MR) is 185 cm³/mol. The van der Waals surface area contributed by atoms with Gasteiger partial charge in [-0.15, -0.1) is 12.4 Å². The molecule has 3 aliphatic rings. The first-order valence-electron chi connectivity index (χ1n) is 17.7. The molecule has 3 nitrogen and oxygen atoms in total. The second kappa shape index (κ2) is 21.9. The molecule has 1 N–H and O–H groups in total. The number of para-hydroxylation sites is 1. The molecule has 5 rings (SSSR count). The minimum Gasteiger partial charge on any atom is -0.489 e. The van der Waals surface area contributed by atoms with E-state index in [9.17, 15) is 0 Å². The molecule has 3 unspecified atom stereocenters. The van der Waals surface area contributed by atoms with Crippen molar-refractivity contribution in [2.24, 2.45) is 5.92 Å². The molecule has 3 atom stereocenters. The van der Waals surface area contributed by atoms with E-state index in [2.05, 4.69) is 64.8 Å². The lowest BCUT2D eigenvalue weighted by Gasteiger charge is -2.39. The van der Waals surface area contributed by atoms with Crippen molar-refractivity contribution < 1.29 is 4.74 Å². The molecule has 2 bridgehead atoms. The number of piperidine rings is 1. The van der Waals surface area contributed by atoms with E-state index in [-0.39, 0.29) is 12.4 Å². The first kappa shape index (κ1) is 34.8. The normalized spacial score (nSPS) is 24.8. The Bertz CT molecular complexity index is 901. The van der Waals surface area contributed by atoms with Gasteiger partial charge in [-0.1, -0.05) is 134 Å². The van der Waals surface area contributed by atoms with Crippen LogP contribution in [-0.4, -0.2) is 30.6 Å². The minimum atomic E-state index is 0. The highest BCUT2D eigenvalue weighted by atomic mass is 35.5. The summed E-state index contributed by atoms with van der Waals surface area (Å²) in [5, 5.41) is 3.50. The van der Waals surface area contributed by atoms with Crippen molar-refractivity contribution in [2.45, 2.75) is 141 Å². The fraction of sp³-hybridized carbons (Fsp3) is 0.684. The number of benzene rings is 2. The summed E-state index contributed by atoms with van der Waals surface area (Å²) < 4.78 is 6.75. The molecule has 3 heterocycles. The van der Waals surface area contributed by atoms with Crippen LogP contribution in [0, 0.1) is 5.92 Å². The molecule has 236 valence electrons. The fourth-order valence-corrected chi connectivity index (χ4v) is 6.92. The number of hydrogen-bond donors (Lipinski definition) is 1. The van der Waals surface area contributed by atoms with Gasteiger partial charge in [-0.2, -0.15) is 0 Å². The number of fused-ring (bicyclic) bond motifs is 22. The smallest absolute Gasteiger partial charge is 0.119 e. The van der Waals surface area contributed by atoms with Crippen LogP contribution in [0.1, 0.15) is 135 Å². The SMILES string of the molecule is Cl.c1ccc(Nc2ccc(OC3CN4CCCCCCCCCCCCCCCCCCCCCC3CC4)cc2)cc1. The van der Waals surface area contributed by atoms with Gasteiger partial charge >= 0.3 is 0 Å². The van der Waals surface area contributed by atoms with Crippen molar-refractivity contribution in [1.29, 1.82) is 0 Å². The van der Waals surface area contributed by atoms with E-state index in [0.717, 1.165) is 23.7 Å². The van der Waals surface area contributed by atoms with Gasteiger partial charge in [-0.3, -0.25) is 4.90 Å². The first-order chi connectivity index (χ1) is 20.4. The van der Waals surface area contributed by atoms with Crippen LogP contribution in [0.25, 0.3) is 0 Å². The van der Waals surface area contributed by atoms with Crippen molar-refractivity contribution in [1.82, 2.24) is 4.90 Å². The summed E-state index contributed by atoms with van der Waals surface area (Å²) in [5.41, 5.74) is 2.23. The van der Waals surface area contributed by atoms with Gasteiger partial charge in [0.05, 0.1) is 0 Å². The van der Waals surface area contributed by atoms with Crippen LogP contribution in [0.15, 0.2) is 54.6 Å². The molecule has 0 aliphatic carbocycles. The van der Waals surface area contributed by atoms with Crippen molar-refractivity contribution in [2.75, 3.05) is 25.0 Å². The average Bonchev–Trinajstić information content (AvgIpc) is 3.00. The summed E-state index contributed by atoms with van der Waals surface area (Å²) in [4.78, 5) is 2.70. The number of hydrogen-bond acceptors (Lipinski definition) is 3. The lowest BCUT2D eigenvalue weighted by molar-refractivity contribution is 0.0340. The topological polar surface area (TPSA) is 24.5 Å². The average molecular weight is 597 g/mol. The van der Waals surface area contributed by atoms with Crippen molar-refractivity contribution in [3.63, 3.8) is 0 Å². The van der Waals surface area contributed by atoms with E-state index < -0.39 is 0 Å². The Kier molecular flexibility index (Phi) is 18.1. The minimum absolute atomic E-state index is 0. The third-order valence-corrected chi connectivity index (χ3v) is 9.53. The lowest BCUT2D eigenvalue weighted by atomic mass is 9.88. The Balaban J connectivity index is 0.00000484. The van der Waals surface area contributed by atoms with Gasteiger partial charge in [0, 0.05) is 17.9 Å². The number of nitrogens with one attached hydrogen (secondary N) is 1. The monoisotopic (exact) mass is 596 g/mol. The maximum absolute atomic E-state index is 6.75. The summed E-state index contributed by atoms with van der Waals surface area (Å²) in [6.45, 7) is 3.59. The molecule has 3 saturated heterocycles. The molecule has 0 saturated carbocycles. The zero-order valence-corrected chi connectivity index (χ0v) is 27.4. The van der Waals surface area contributed by atoms with Crippen molar-refractivity contribution in [3.05, 3.63) is 54.6 Å². The number of ether oxygens (including phenoxy) is 1. The molecule has 2 aromatic rings. The van der Waals surface area contributed by atoms with Gasteiger partial charge in [0.15, 0.2) is 0 Å². The van der Waals surface area contributed by atoms with Gasteiger partial charge in [0.2, 0.25) is 0 Å². The fourth-order valence-electron chi connectivity index (χ4n) is 6.92. The van der Waals surface area contributed by atoms with Crippen LogP contribution >= 0.6 is 12.4 Å². The van der Waals surface area contributed by atoms with Gasteiger partial charge in [-0.05, 0) is 74.7 Å². The van der Waals surface area contributed by atoms with Crippen LogP contribution in [0.5, 0.6) is 5.75 Å². The molecule has 3 fully saturated rings.